The van der Waals surface area contributed by atoms with Crippen LogP contribution in [0.3, 0.4) is 0 Å². The molecule has 3 heteroatoms. The van der Waals surface area contributed by atoms with Crippen molar-refractivity contribution in [3.63, 3.8) is 0 Å². The molecule has 1 saturated carbocycles. The lowest BCUT2D eigenvalue weighted by atomic mass is 9.78. The standard InChI is InChI=1S/C29H33F3/c1-2-3-20-4-6-21(7-5-20)8-9-22-11-16-26-25(18-22)15-14-24(29(26)32)13-10-23-12-17-27(30)28(31)19-23/h11-12,14-21H,2-10,13H2,1H3. The van der Waals surface area contributed by atoms with Crippen LogP contribution in [0, 0.1) is 29.3 Å². The summed E-state index contributed by atoms with van der Waals surface area (Å²) in [5.74, 6) is -0.148. The van der Waals surface area contributed by atoms with Gasteiger partial charge in [0.15, 0.2) is 11.6 Å². The molecule has 1 aliphatic rings. The molecule has 0 unspecified atom stereocenters. The minimum atomic E-state index is -0.858. The monoisotopic (exact) mass is 438 g/mol. The molecule has 4 rings (SSSR count). The highest BCUT2D eigenvalue weighted by Crippen LogP contribution is 2.34. The Hall–Kier alpha value is -2.29. The van der Waals surface area contributed by atoms with Gasteiger partial charge < -0.3 is 0 Å². The van der Waals surface area contributed by atoms with Crippen LogP contribution < -0.4 is 0 Å². The molecule has 0 aliphatic heterocycles. The fourth-order valence-corrected chi connectivity index (χ4v) is 5.30. The summed E-state index contributed by atoms with van der Waals surface area (Å²) in [6, 6.07) is 13.8. The fraction of sp³-hybridized carbons (Fsp3) is 0.448. The maximum Gasteiger partial charge on any atom is 0.159 e. The molecule has 32 heavy (non-hydrogen) atoms. The summed E-state index contributed by atoms with van der Waals surface area (Å²) in [5.41, 5.74) is 2.56. The predicted molar refractivity (Wildman–Crippen MR) is 126 cm³/mol. The number of fused-ring (bicyclic) bond motifs is 1. The van der Waals surface area contributed by atoms with Crippen molar-refractivity contribution in [1.29, 1.82) is 0 Å². The van der Waals surface area contributed by atoms with Gasteiger partial charge in [-0.3, -0.25) is 0 Å². The van der Waals surface area contributed by atoms with Crippen LogP contribution in [0.2, 0.25) is 0 Å². The summed E-state index contributed by atoms with van der Waals surface area (Å²) in [6.07, 6.45) is 11.4. The summed E-state index contributed by atoms with van der Waals surface area (Å²) >= 11 is 0. The van der Waals surface area contributed by atoms with Gasteiger partial charge in [0, 0.05) is 5.39 Å². The smallest absolute Gasteiger partial charge is 0.159 e. The molecule has 1 fully saturated rings. The molecular weight excluding hydrogens is 405 g/mol. The van der Waals surface area contributed by atoms with E-state index in [1.807, 2.05) is 18.2 Å². The summed E-state index contributed by atoms with van der Waals surface area (Å²) in [6.45, 7) is 2.28. The second kappa shape index (κ2) is 10.6. The van der Waals surface area contributed by atoms with Crippen LogP contribution in [0.1, 0.15) is 68.6 Å². The van der Waals surface area contributed by atoms with Crippen LogP contribution in [0.15, 0.2) is 48.5 Å². The highest BCUT2D eigenvalue weighted by Gasteiger charge is 2.20. The lowest BCUT2D eigenvalue weighted by Gasteiger charge is -2.28. The van der Waals surface area contributed by atoms with Gasteiger partial charge in [-0.2, -0.15) is 0 Å². The zero-order chi connectivity index (χ0) is 22.5. The second-order valence-electron chi connectivity index (χ2n) is 9.56. The quantitative estimate of drug-likeness (QED) is 0.330. The van der Waals surface area contributed by atoms with Crippen LogP contribution in [-0.4, -0.2) is 0 Å². The highest BCUT2D eigenvalue weighted by molar-refractivity contribution is 5.84. The first-order valence-corrected chi connectivity index (χ1v) is 12.2. The van der Waals surface area contributed by atoms with Crippen LogP contribution in [0.25, 0.3) is 10.8 Å². The SMILES string of the molecule is CCCC1CCC(CCc2ccc3c(F)c(CCc4ccc(F)c(F)c4)ccc3c2)CC1. The normalized spacial score (nSPS) is 18.9. The molecule has 0 amide bonds. The van der Waals surface area contributed by atoms with E-state index in [1.165, 1.54) is 56.6 Å². The highest BCUT2D eigenvalue weighted by atomic mass is 19.2. The number of hydrogen-bond acceptors (Lipinski definition) is 0. The van der Waals surface area contributed by atoms with Gasteiger partial charge >= 0.3 is 0 Å². The van der Waals surface area contributed by atoms with Gasteiger partial charge in [-0.25, -0.2) is 13.2 Å². The Morgan fingerprint density at radius 2 is 1.38 bits per heavy atom. The molecule has 0 bridgehead atoms. The van der Waals surface area contributed by atoms with E-state index in [-0.39, 0.29) is 5.82 Å². The molecule has 0 radical (unpaired) electrons. The van der Waals surface area contributed by atoms with Crippen LogP contribution in [0.4, 0.5) is 13.2 Å². The second-order valence-corrected chi connectivity index (χ2v) is 9.56. The Kier molecular flexibility index (Phi) is 7.55. The molecule has 0 N–H and O–H groups in total. The maximum absolute atomic E-state index is 15.1. The van der Waals surface area contributed by atoms with Gasteiger partial charge in [0.25, 0.3) is 0 Å². The van der Waals surface area contributed by atoms with Gasteiger partial charge in [0.05, 0.1) is 0 Å². The average Bonchev–Trinajstić information content (AvgIpc) is 2.80. The molecule has 170 valence electrons. The van der Waals surface area contributed by atoms with Gasteiger partial charge in [0.1, 0.15) is 5.82 Å². The summed E-state index contributed by atoms with van der Waals surface area (Å²) in [5, 5.41) is 1.57. The van der Waals surface area contributed by atoms with E-state index >= 15 is 4.39 Å². The number of aryl methyl sites for hydroxylation is 3. The van der Waals surface area contributed by atoms with Gasteiger partial charge in [0.2, 0.25) is 0 Å². The molecular formula is C29H33F3. The van der Waals surface area contributed by atoms with Crippen molar-refractivity contribution in [1.82, 2.24) is 0 Å². The summed E-state index contributed by atoms with van der Waals surface area (Å²) < 4.78 is 41.6. The Labute approximate surface area is 189 Å². The molecule has 0 nitrogen and oxygen atoms in total. The van der Waals surface area contributed by atoms with Gasteiger partial charge in [-0.15, -0.1) is 0 Å². The zero-order valence-electron chi connectivity index (χ0n) is 19.0. The number of benzene rings is 3. The first kappa shape index (κ1) is 22.9. The lowest BCUT2D eigenvalue weighted by molar-refractivity contribution is 0.252. The Morgan fingerprint density at radius 3 is 2.09 bits per heavy atom. The lowest BCUT2D eigenvalue weighted by Crippen LogP contribution is -2.15. The predicted octanol–water partition coefficient (Wildman–Crippen LogP) is 8.58. The Bertz CT molecular complexity index is 1050. The third-order valence-corrected chi connectivity index (χ3v) is 7.27. The van der Waals surface area contributed by atoms with E-state index in [0.717, 1.165) is 29.7 Å². The summed E-state index contributed by atoms with van der Waals surface area (Å²) in [7, 11) is 0. The third kappa shape index (κ3) is 5.54. The molecule has 0 spiro atoms. The number of rotatable bonds is 8. The molecule has 3 aromatic rings. The van der Waals surface area contributed by atoms with E-state index in [9.17, 15) is 8.78 Å². The fourth-order valence-electron chi connectivity index (χ4n) is 5.30. The molecule has 3 aromatic carbocycles. The molecule has 1 aliphatic carbocycles. The van der Waals surface area contributed by atoms with Crippen molar-refractivity contribution < 1.29 is 13.2 Å². The number of hydrogen-bond donors (Lipinski definition) is 0. The first-order valence-electron chi connectivity index (χ1n) is 12.2. The minimum absolute atomic E-state index is 0.203. The molecule has 0 heterocycles. The average molecular weight is 439 g/mol. The van der Waals surface area contributed by atoms with Crippen LogP contribution >= 0.6 is 0 Å². The maximum atomic E-state index is 15.1. The van der Waals surface area contributed by atoms with Gasteiger partial charge in [-0.1, -0.05) is 81.8 Å². The van der Waals surface area contributed by atoms with Crippen molar-refractivity contribution in [2.75, 3.05) is 0 Å². The van der Waals surface area contributed by atoms with Crippen molar-refractivity contribution in [2.24, 2.45) is 11.8 Å². The zero-order valence-corrected chi connectivity index (χ0v) is 19.0. The van der Waals surface area contributed by atoms with E-state index < -0.39 is 11.6 Å². The topological polar surface area (TPSA) is 0 Å². The summed E-state index contributed by atoms with van der Waals surface area (Å²) in [4.78, 5) is 0. The largest absolute Gasteiger partial charge is 0.206 e. The number of halogens is 3. The van der Waals surface area contributed by atoms with Crippen molar-refractivity contribution in [2.45, 2.75) is 71.1 Å². The van der Waals surface area contributed by atoms with Gasteiger partial charge in [-0.05, 0) is 71.7 Å². The van der Waals surface area contributed by atoms with E-state index in [0.29, 0.717) is 29.4 Å². The Balaban J connectivity index is 1.37. The Morgan fingerprint density at radius 1 is 0.688 bits per heavy atom. The molecule has 0 atom stereocenters. The molecule has 0 saturated heterocycles. The first-order chi connectivity index (χ1) is 15.5. The van der Waals surface area contributed by atoms with Crippen molar-refractivity contribution in [3.05, 3.63) is 82.7 Å². The molecule has 0 aromatic heterocycles. The minimum Gasteiger partial charge on any atom is -0.206 e. The van der Waals surface area contributed by atoms with E-state index in [4.69, 9.17) is 0 Å². The van der Waals surface area contributed by atoms with Crippen molar-refractivity contribution >= 4 is 10.8 Å². The van der Waals surface area contributed by atoms with Crippen LogP contribution in [-0.2, 0) is 19.3 Å². The van der Waals surface area contributed by atoms with E-state index in [2.05, 4.69) is 19.1 Å². The van der Waals surface area contributed by atoms with Crippen molar-refractivity contribution in [3.8, 4) is 0 Å². The van der Waals surface area contributed by atoms with Crippen LogP contribution in [0.5, 0.6) is 0 Å². The van der Waals surface area contributed by atoms with E-state index in [1.54, 1.807) is 6.07 Å². The third-order valence-electron chi connectivity index (χ3n) is 7.27.